The molecule has 0 fully saturated rings. The normalized spacial score (nSPS) is 10.5. The Morgan fingerprint density at radius 1 is 1.47 bits per heavy atom. The van der Waals surface area contributed by atoms with Crippen molar-refractivity contribution in [1.29, 1.82) is 0 Å². The Hall–Kier alpha value is -2.64. The number of nitrogens with one attached hydrogen (secondary N) is 2. The Morgan fingerprint density at radius 3 is 2.63 bits per heavy atom. The Bertz CT molecular complexity index is 655. The van der Waals surface area contributed by atoms with Crippen LogP contribution in [0, 0.1) is 24.0 Å². The van der Waals surface area contributed by atoms with Crippen LogP contribution in [0.2, 0.25) is 0 Å². The molecule has 2 N–H and O–H groups in total. The molecule has 2 rings (SSSR count). The summed E-state index contributed by atoms with van der Waals surface area (Å²) in [6.07, 6.45) is 0. The van der Waals surface area contributed by atoms with Crippen LogP contribution < -0.4 is 5.32 Å². The van der Waals surface area contributed by atoms with E-state index in [1.54, 1.807) is 0 Å². The average molecular weight is 263 g/mol. The molecule has 0 aromatic carbocycles. The predicted molar refractivity (Wildman–Crippen MR) is 68.1 cm³/mol. The van der Waals surface area contributed by atoms with Gasteiger partial charge in [0, 0.05) is 17.3 Å². The minimum Gasteiger partial charge on any atom is -0.358 e. The van der Waals surface area contributed by atoms with Gasteiger partial charge in [0.25, 0.3) is 5.91 Å². The van der Waals surface area contributed by atoms with Crippen molar-refractivity contribution in [2.75, 3.05) is 5.32 Å². The molecule has 0 saturated carbocycles. The summed E-state index contributed by atoms with van der Waals surface area (Å²) in [5.41, 5.74) is 1.89. The zero-order chi connectivity index (χ0) is 14.2. The van der Waals surface area contributed by atoms with Crippen molar-refractivity contribution in [2.24, 2.45) is 7.05 Å². The summed E-state index contributed by atoms with van der Waals surface area (Å²) >= 11 is 0. The first-order valence-corrected chi connectivity index (χ1v) is 5.55. The number of nitrogens with zero attached hydrogens (tertiary/aromatic N) is 3. The molecule has 100 valence electrons. The van der Waals surface area contributed by atoms with Crippen molar-refractivity contribution in [3.8, 4) is 0 Å². The number of carbonyl (C=O) groups excluding carboxylic acids is 1. The lowest BCUT2D eigenvalue weighted by Crippen LogP contribution is -2.17. The monoisotopic (exact) mass is 263 g/mol. The van der Waals surface area contributed by atoms with E-state index < -0.39 is 10.8 Å². The van der Waals surface area contributed by atoms with Gasteiger partial charge in [0.1, 0.15) is 0 Å². The smallest absolute Gasteiger partial charge is 0.323 e. The summed E-state index contributed by atoms with van der Waals surface area (Å²) in [5, 5.41) is 20.0. The maximum absolute atomic E-state index is 12.0. The fraction of sp³-hybridized carbons (Fsp3) is 0.273. The second kappa shape index (κ2) is 4.56. The number of anilines is 1. The number of hydrogen-bond acceptors (Lipinski definition) is 4. The number of rotatable bonds is 3. The number of aromatic nitrogens is 3. The summed E-state index contributed by atoms with van der Waals surface area (Å²) in [5.74, 6) is -0.156. The molecule has 0 radical (unpaired) electrons. The largest absolute Gasteiger partial charge is 0.358 e. The number of aryl methyl sites for hydroxylation is 1. The maximum atomic E-state index is 12.0. The first kappa shape index (κ1) is 12.8. The highest BCUT2D eigenvalue weighted by molar-refractivity contribution is 6.03. The Balaban J connectivity index is 2.26. The van der Waals surface area contributed by atoms with Gasteiger partial charge in [0.2, 0.25) is 0 Å². The molecule has 0 atom stereocenters. The van der Waals surface area contributed by atoms with Gasteiger partial charge in [0.15, 0.2) is 11.5 Å². The van der Waals surface area contributed by atoms with Gasteiger partial charge in [-0.25, -0.2) is 4.57 Å². The fourth-order valence-corrected chi connectivity index (χ4v) is 1.69. The molecular weight excluding hydrogens is 250 g/mol. The maximum Gasteiger partial charge on any atom is 0.323 e. The van der Waals surface area contributed by atoms with Crippen LogP contribution in [-0.2, 0) is 7.05 Å². The highest BCUT2D eigenvalue weighted by Crippen LogP contribution is 2.18. The summed E-state index contributed by atoms with van der Waals surface area (Å²) < 4.78 is 1.23. The first-order valence-electron chi connectivity index (χ1n) is 5.55. The van der Waals surface area contributed by atoms with Crippen LogP contribution in [0.3, 0.4) is 0 Å². The zero-order valence-electron chi connectivity index (χ0n) is 10.7. The highest BCUT2D eigenvalue weighted by Gasteiger charge is 2.21. The van der Waals surface area contributed by atoms with Crippen LogP contribution in [0.4, 0.5) is 11.6 Å². The number of carbonyl (C=O) groups is 1. The molecule has 1 amide bonds. The van der Waals surface area contributed by atoms with E-state index in [4.69, 9.17) is 0 Å². The molecule has 2 aromatic heterocycles. The second-order valence-corrected chi connectivity index (χ2v) is 4.17. The summed E-state index contributed by atoms with van der Waals surface area (Å²) in [6, 6.07) is 2.69. The number of nitro groups is 1. The van der Waals surface area contributed by atoms with Gasteiger partial charge in [-0.1, -0.05) is 0 Å². The summed E-state index contributed by atoms with van der Waals surface area (Å²) in [6.45, 7) is 3.66. The fourth-order valence-electron chi connectivity index (χ4n) is 1.69. The summed E-state index contributed by atoms with van der Waals surface area (Å²) in [4.78, 5) is 22.2. The number of amides is 1. The van der Waals surface area contributed by atoms with Crippen LogP contribution in [0.15, 0.2) is 12.1 Å². The number of H-pyrrole nitrogens is 1. The molecular formula is C11H13N5O3. The van der Waals surface area contributed by atoms with Crippen molar-refractivity contribution in [1.82, 2.24) is 14.8 Å². The molecule has 2 heterocycles. The van der Waals surface area contributed by atoms with Gasteiger partial charge >= 0.3 is 5.82 Å². The van der Waals surface area contributed by atoms with Gasteiger partial charge < -0.3 is 15.4 Å². The van der Waals surface area contributed by atoms with Crippen molar-refractivity contribution >= 4 is 17.5 Å². The number of hydrogen-bond donors (Lipinski definition) is 2. The molecule has 0 bridgehead atoms. The van der Waals surface area contributed by atoms with Crippen LogP contribution in [0.5, 0.6) is 0 Å². The minimum absolute atomic E-state index is 0.139. The first-order chi connectivity index (χ1) is 8.91. The molecule has 8 nitrogen and oxygen atoms in total. The van der Waals surface area contributed by atoms with Crippen molar-refractivity contribution in [2.45, 2.75) is 13.8 Å². The van der Waals surface area contributed by atoms with E-state index in [9.17, 15) is 14.9 Å². The predicted octanol–water partition coefficient (Wildman–Crippen LogP) is 1.53. The lowest BCUT2D eigenvalue weighted by Gasteiger charge is -2.02. The van der Waals surface area contributed by atoms with Crippen molar-refractivity contribution in [3.63, 3.8) is 0 Å². The third-order valence-corrected chi connectivity index (χ3v) is 3.00. The lowest BCUT2D eigenvalue weighted by molar-refractivity contribution is -0.391. The molecule has 8 heteroatoms. The third kappa shape index (κ3) is 2.19. The molecule has 0 spiro atoms. The molecule has 19 heavy (non-hydrogen) atoms. The number of aromatic amines is 1. The van der Waals surface area contributed by atoms with Gasteiger partial charge in [-0.15, -0.1) is 0 Å². The van der Waals surface area contributed by atoms with Gasteiger partial charge in [-0.2, -0.15) is 5.10 Å². The van der Waals surface area contributed by atoms with E-state index in [2.05, 4.69) is 15.5 Å². The van der Waals surface area contributed by atoms with E-state index in [0.717, 1.165) is 11.3 Å². The quantitative estimate of drug-likeness (QED) is 0.646. The van der Waals surface area contributed by atoms with Gasteiger partial charge in [0.05, 0.1) is 7.05 Å². The Morgan fingerprint density at radius 2 is 2.16 bits per heavy atom. The van der Waals surface area contributed by atoms with E-state index >= 15 is 0 Å². The average Bonchev–Trinajstić information content (AvgIpc) is 2.87. The molecule has 0 saturated heterocycles. The SMILES string of the molecule is Cc1[nH]nc(NC(=O)c2ccc([N+](=O)[O-])n2C)c1C. The standard InChI is InChI=1S/C11H13N5O3/c1-6-7(2)13-14-10(6)12-11(17)8-4-5-9(15(8)3)16(18)19/h4-5H,1-3H3,(H2,12,13,14,17). The van der Waals surface area contributed by atoms with E-state index in [0.29, 0.717) is 5.82 Å². The van der Waals surface area contributed by atoms with Crippen LogP contribution in [-0.4, -0.2) is 25.6 Å². The van der Waals surface area contributed by atoms with Crippen LogP contribution in [0.25, 0.3) is 0 Å². The van der Waals surface area contributed by atoms with Gasteiger partial charge in [-0.3, -0.25) is 9.89 Å². The minimum atomic E-state index is -0.541. The van der Waals surface area contributed by atoms with Crippen LogP contribution in [0.1, 0.15) is 21.7 Å². The van der Waals surface area contributed by atoms with Crippen LogP contribution >= 0.6 is 0 Å². The molecule has 0 unspecified atom stereocenters. The topological polar surface area (TPSA) is 106 Å². The Kier molecular flexibility index (Phi) is 3.07. The summed E-state index contributed by atoms with van der Waals surface area (Å²) in [7, 11) is 1.47. The molecule has 0 aliphatic carbocycles. The zero-order valence-corrected chi connectivity index (χ0v) is 10.7. The molecule has 0 aliphatic rings. The van der Waals surface area contributed by atoms with E-state index in [1.165, 1.54) is 23.7 Å². The second-order valence-electron chi connectivity index (χ2n) is 4.17. The van der Waals surface area contributed by atoms with Crippen molar-refractivity contribution < 1.29 is 9.72 Å². The highest BCUT2D eigenvalue weighted by atomic mass is 16.6. The lowest BCUT2D eigenvalue weighted by atomic mass is 10.3. The Labute approximate surface area is 108 Å². The molecule has 2 aromatic rings. The molecule has 0 aliphatic heterocycles. The van der Waals surface area contributed by atoms with E-state index in [-0.39, 0.29) is 11.5 Å². The van der Waals surface area contributed by atoms with E-state index in [1.807, 2.05) is 13.8 Å². The van der Waals surface area contributed by atoms with Crippen molar-refractivity contribution in [3.05, 3.63) is 39.2 Å². The van der Waals surface area contributed by atoms with Gasteiger partial charge in [-0.05, 0) is 24.8 Å². The third-order valence-electron chi connectivity index (χ3n) is 3.00.